The molecule has 0 aliphatic rings. The molecule has 0 saturated heterocycles. The van der Waals surface area contributed by atoms with Gasteiger partial charge in [0.15, 0.2) is 0 Å². The SMILES string of the molecule is CN(C)C(=O)CN(c1ccccc1S(=O)(=O)N(C)C)S(C)(=O)=O.O=CO. The molecule has 0 saturated carbocycles. The number of carbonyl (C=O) groups excluding carboxylic acids is 1. The molecule has 0 aliphatic heterocycles. The lowest BCUT2D eigenvalue weighted by Gasteiger charge is -2.26. The highest BCUT2D eigenvalue weighted by molar-refractivity contribution is 7.92. The number of anilines is 1. The van der Waals surface area contributed by atoms with Crippen molar-refractivity contribution in [3.8, 4) is 0 Å². The first-order chi connectivity index (χ1) is 11.8. The fourth-order valence-corrected chi connectivity index (χ4v) is 3.73. The topological polar surface area (TPSA) is 132 Å². The van der Waals surface area contributed by atoms with Crippen LogP contribution in [0.5, 0.6) is 0 Å². The Kier molecular flexibility index (Phi) is 8.70. The first-order valence-electron chi connectivity index (χ1n) is 7.08. The molecule has 10 nitrogen and oxygen atoms in total. The number of carboxylic acid groups (broad SMARTS) is 1. The van der Waals surface area contributed by atoms with Crippen LogP contribution in [-0.4, -0.2) is 84.5 Å². The van der Waals surface area contributed by atoms with Crippen LogP contribution in [0.25, 0.3) is 0 Å². The fraction of sp³-hybridized carbons (Fsp3) is 0.429. The molecule has 0 unspecified atom stereocenters. The van der Waals surface area contributed by atoms with E-state index in [0.29, 0.717) is 0 Å². The van der Waals surface area contributed by atoms with Gasteiger partial charge in [0.25, 0.3) is 6.47 Å². The minimum atomic E-state index is -3.87. The van der Waals surface area contributed by atoms with Crippen molar-refractivity contribution in [2.75, 3.05) is 45.3 Å². The average molecular weight is 409 g/mol. The number of sulfonamides is 2. The summed E-state index contributed by atoms with van der Waals surface area (Å²) in [6.45, 7) is -0.730. The lowest BCUT2D eigenvalue weighted by Crippen LogP contribution is -2.40. The zero-order chi connectivity index (χ0) is 20.7. The van der Waals surface area contributed by atoms with Gasteiger partial charge in [0.05, 0.1) is 11.9 Å². The normalized spacial score (nSPS) is 11.3. The summed E-state index contributed by atoms with van der Waals surface area (Å²) >= 11 is 0. The van der Waals surface area contributed by atoms with Gasteiger partial charge in [-0.15, -0.1) is 0 Å². The molecule has 0 radical (unpaired) electrons. The molecule has 0 bridgehead atoms. The van der Waals surface area contributed by atoms with E-state index in [1.807, 2.05) is 0 Å². The van der Waals surface area contributed by atoms with E-state index < -0.39 is 32.5 Å². The summed E-state index contributed by atoms with van der Waals surface area (Å²) in [7, 11) is -2.04. The maximum Gasteiger partial charge on any atom is 0.290 e. The van der Waals surface area contributed by atoms with E-state index in [0.717, 1.165) is 14.9 Å². The lowest BCUT2D eigenvalue weighted by atomic mass is 10.3. The molecule has 0 heterocycles. The summed E-state index contributed by atoms with van der Waals surface area (Å²) in [5.74, 6) is -0.465. The van der Waals surface area contributed by atoms with Crippen LogP contribution in [-0.2, 0) is 29.6 Å². The van der Waals surface area contributed by atoms with Gasteiger partial charge in [0, 0.05) is 28.2 Å². The van der Waals surface area contributed by atoms with Crippen LogP contribution in [0.15, 0.2) is 29.2 Å². The van der Waals surface area contributed by atoms with Crippen molar-refractivity contribution in [1.82, 2.24) is 9.21 Å². The van der Waals surface area contributed by atoms with E-state index >= 15 is 0 Å². The van der Waals surface area contributed by atoms with Crippen LogP contribution in [0, 0.1) is 0 Å². The molecule has 12 heteroatoms. The predicted octanol–water partition coefficient (Wildman–Crippen LogP) is -0.508. The first-order valence-corrected chi connectivity index (χ1v) is 10.4. The third kappa shape index (κ3) is 6.28. The molecular weight excluding hydrogens is 386 g/mol. The largest absolute Gasteiger partial charge is 0.483 e. The lowest BCUT2D eigenvalue weighted by molar-refractivity contribution is -0.127. The van der Waals surface area contributed by atoms with E-state index in [2.05, 4.69) is 0 Å². The van der Waals surface area contributed by atoms with Crippen molar-refractivity contribution < 1.29 is 31.5 Å². The van der Waals surface area contributed by atoms with Crippen molar-refractivity contribution in [2.45, 2.75) is 4.90 Å². The average Bonchev–Trinajstić information content (AvgIpc) is 2.51. The molecule has 0 aliphatic carbocycles. The van der Waals surface area contributed by atoms with Gasteiger partial charge < -0.3 is 10.0 Å². The van der Waals surface area contributed by atoms with Crippen molar-refractivity contribution in [1.29, 1.82) is 0 Å². The number of benzene rings is 1. The van der Waals surface area contributed by atoms with Crippen LogP contribution < -0.4 is 4.31 Å². The molecule has 148 valence electrons. The van der Waals surface area contributed by atoms with Gasteiger partial charge in [-0.3, -0.25) is 13.9 Å². The highest BCUT2D eigenvalue weighted by Crippen LogP contribution is 2.28. The van der Waals surface area contributed by atoms with Gasteiger partial charge in [-0.25, -0.2) is 21.1 Å². The predicted molar refractivity (Wildman–Crippen MR) is 96.9 cm³/mol. The Hall–Kier alpha value is -2.18. The molecular formula is C14H23N3O7S2. The summed E-state index contributed by atoms with van der Waals surface area (Å²) in [5.41, 5.74) is -0.0566. The second kappa shape index (κ2) is 9.50. The van der Waals surface area contributed by atoms with E-state index in [4.69, 9.17) is 9.90 Å². The number of hydrogen-bond donors (Lipinski definition) is 1. The maximum absolute atomic E-state index is 12.4. The smallest absolute Gasteiger partial charge is 0.290 e. The highest BCUT2D eigenvalue weighted by Gasteiger charge is 2.29. The minimum absolute atomic E-state index is 0.0566. The summed E-state index contributed by atoms with van der Waals surface area (Å²) in [5, 5.41) is 6.89. The zero-order valence-electron chi connectivity index (χ0n) is 15.1. The van der Waals surface area contributed by atoms with Gasteiger partial charge in [0.1, 0.15) is 11.4 Å². The van der Waals surface area contributed by atoms with E-state index in [1.54, 1.807) is 0 Å². The van der Waals surface area contributed by atoms with Gasteiger partial charge in [-0.05, 0) is 12.1 Å². The molecule has 0 atom stereocenters. The third-order valence-electron chi connectivity index (χ3n) is 3.07. The monoisotopic (exact) mass is 409 g/mol. The van der Waals surface area contributed by atoms with Gasteiger partial charge >= 0.3 is 0 Å². The number of para-hydroxylation sites is 1. The van der Waals surface area contributed by atoms with Gasteiger partial charge in [-0.1, -0.05) is 12.1 Å². The third-order valence-corrected chi connectivity index (χ3v) is 6.06. The molecule has 1 aromatic rings. The molecule has 1 amide bonds. The highest BCUT2D eigenvalue weighted by atomic mass is 32.2. The Balaban J connectivity index is 0.00000194. The summed E-state index contributed by atoms with van der Waals surface area (Å²) in [4.78, 5) is 21.3. The zero-order valence-corrected chi connectivity index (χ0v) is 16.8. The molecule has 0 spiro atoms. The quantitative estimate of drug-likeness (QED) is 0.626. The molecule has 1 rings (SSSR count). The Labute approximate surface area is 153 Å². The van der Waals surface area contributed by atoms with Crippen LogP contribution in [0.3, 0.4) is 0 Å². The summed E-state index contributed by atoms with van der Waals surface area (Å²) in [6, 6.07) is 5.68. The number of nitrogens with zero attached hydrogens (tertiary/aromatic N) is 3. The standard InChI is InChI=1S/C13H21N3O5S2.CH2O2/c1-14(2)13(17)10-16(22(5,18)19)11-8-6-7-9-12(11)23(20,21)15(3)4;2-1-3/h6-9H,10H2,1-5H3;1H,(H,2,3). The molecule has 26 heavy (non-hydrogen) atoms. The first kappa shape index (κ1) is 23.8. The Morgan fingerprint density at radius 1 is 1.08 bits per heavy atom. The van der Waals surface area contributed by atoms with Crippen LogP contribution in [0.2, 0.25) is 0 Å². The maximum atomic E-state index is 12.4. The van der Waals surface area contributed by atoms with Crippen LogP contribution in [0.4, 0.5) is 5.69 Å². The summed E-state index contributed by atoms with van der Waals surface area (Å²) in [6.07, 6.45) is 0.926. The second-order valence-electron chi connectivity index (χ2n) is 5.42. The number of likely N-dealkylation sites (N-methyl/N-ethyl adjacent to an activating group) is 1. The van der Waals surface area contributed by atoms with E-state index in [1.165, 1.54) is 57.4 Å². The number of amides is 1. The second-order valence-corrected chi connectivity index (χ2v) is 9.45. The van der Waals surface area contributed by atoms with E-state index in [-0.39, 0.29) is 17.1 Å². The number of rotatable bonds is 6. The number of hydrogen-bond acceptors (Lipinski definition) is 6. The van der Waals surface area contributed by atoms with Crippen molar-refractivity contribution >= 4 is 38.1 Å². The fourth-order valence-electron chi connectivity index (χ4n) is 1.72. The Morgan fingerprint density at radius 3 is 1.92 bits per heavy atom. The Morgan fingerprint density at radius 2 is 1.54 bits per heavy atom. The number of carbonyl (C=O) groups is 2. The van der Waals surface area contributed by atoms with Gasteiger partial charge in [0.2, 0.25) is 26.0 Å². The van der Waals surface area contributed by atoms with Crippen molar-refractivity contribution in [3.05, 3.63) is 24.3 Å². The van der Waals surface area contributed by atoms with Crippen molar-refractivity contribution in [2.24, 2.45) is 0 Å². The molecule has 0 fully saturated rings. The molecule has 0 aromatic heterocycles. The Bertz CT molecular complexity index is 834. The van der Waals surface area contributed by atoms with E-state index in [9.17, 15) is 21.6 Å². The molecule has 1 N–H and O–H groups in total. The summed E-state index contributed by atoms with van der Waals surface area (Å²) < 4.78 is 50.8. The minimum Gasteiger partial charge on any atom is -0.483 e. The van der Waals surface area contributed by atoms with Gasteiger partial charge in [-0.2, -0.15) is 0 Å². The van der Waals surface area contributed by atoms with Crippen molar-refractivity contribution in [3.63, 3.8) is 0 Å². The van der Waals surface area contributed by atoms with Crippen LogP contribution >= 0.6 is 0 Å². The van der Waals surface area contributed by atoms with Crippen LogP contribution in [0.1, 0.15) is 0 Å². The molecule has 1 aromatic carbocycles.